The molecule has 1 aliphatic rings. The van der Waals surface area contributed by atoms with E-state index in [-0.39, 0.29) is 5.91 Å². The van der Waals surface area contributed by atoms with Crippen LogP contribution >= 0.6 is 0 Å². The molecule has 0 bridgehead atoms. The van der Waals surface area contributed by atoms with E-state index in [1.165, 1.54) is 0 Å². The van der Waals surface area contributed by atoms with Gasteiger partial charge >= 0.3 is 0 Å². The summed E-state index contributed by atoms with van der Waals surface area (Å²) >= 11 is 0. The lowest BCUT2D eigenvalue weighted by Crippen LogP contribution is -2.48. The minimum atomic E-state index is 0.0431. The van der Waals surface area contributed by atoms with Crippen LogP contribution in [0.1, 0.15) is 11.4 Å². The number of carbonyl (C=O) groups is 1. The summed E-state index contributed by atoms with van der Waals surface area (Å²) in [5.74, 6) is 1.60. The number of amides is 1. The summed E-state index contributed by atoms with van der Waals surface area (Å²) in [7, 11) is 1.64. The zero-order valence-corrected chi connectivity index (χ0v) is 16.9. The third kappa shape index (κ3) is 4.72. The molecule has 1 amide bonds. The first kappa shape index (κ1) is 19.8. The van der Waals surface area contributed by atoms with Gasteiger partial charge in [0.2, 0.25) is 5.91 Å². The molecule has 0 radical (unpaired) electrons. The van der Waals surface area contributed by atoms with Crippen LogP contribution in [0.3, 0.4) is 0 Å². The number of carbonyl (C=O) groups excluding carboxylic acids is 1. The number of rotatable bonds is 6. The Morgan fingerprint density at radius 1 is 1.03 bits per heavy atom. The molecule has 1 fully saturated rings. The van der Waals surface area contributed by atoms with E-state index in [1.54, 1.807) is 17.9 Å². The fraction of sp³-hybridized carbons (Fsp3) is 0.273. The second-order valence-corrected chi connectivity index (χ2v) is 7.05. The molecule has 0 spiro atoms. The summed E-state index contributed by atoms with van der Waals surface area (Å²) in [6.45, 7) is 3.55. The minimum Gasteiger partial charge on any atom is -0.497 e. The predicted molar refractivity (Wildman–Crippen MR) is 113 cm³/mol. The molecular formula is C22H24N6O2. The lowest BCUT2D eigenvalue weighted by atomic mass is 10.2. The van der Waals surface area contributed by atoms with Gasteiger partial charge in [0, 0.05) is 32.3 Å². The van der Waals surface area contributed by atoms with E-state index in [2.05, 4.69) is 20.4 Å². The SMILES string of the molecule is COc1ccc(-n2nnnc2CN2CCN(C(=O)/C=C\c3ccccc3)CC2)cc1. The Balaban J connectivity index is 1.33. The highest BCUT2D eigenvalue weighted by molar-refractivity contribution is 5.91. The number of methoxy groups -OCH3 is 1. The molecule has 0 unspecified atom stereocenters. The van der Waals surface area contributed by atoms with Gasteiger partial charge in [0.05, 0.1) is 19.3 Å². The second kappa shape index (κ2) is 9.32. The van der Waals surface area contributed by atoms with Crippen LogP contribution in [0.25, 0.3) is 11.8 Å². The smallest absolute Gasteiger partial charge is 0.246 e. The summed E-state index contributed by atoms with van der Waals surface area (Å²) in [6, 6.07) is 17.5. The summed E-state index contributed by atoms with van der Waals surface area (Å²) in [5, 5.41) is 12.1. The van der Waals surface area contributed by atoms with E-state index in [1.807, 2.05) is 65.6 Å². The molecule has 0 N–H and O–H groups in total. The van der Waals surface area contributed by atoms with Crippen LogP contribution in [-0.4, -0.2) is 69.2 Å². The average Bonchev–Trinajstić information content (AvgIpc) is 3.27. The molecule has 3 aromatic rings. The summed E-state index contributed by atoms with van der Waals surface area (Å²) in [5.41, 5.74) is 1.91. The number of ether oxygens (including phenoxy) is 1. The van der Waals surface area contributed by atoms with Gasteiger partial charge in [-0.05, 0) is 46.3 Å². The number of aromatic nitrogens is 4. The topological polar surface area (TPSA) is 76.4 Å². The molecular weight excluding hydrogens is 380 g/mol. The molecule has 4 rings (SSSR count). The van der Waals surface area contributed by atoms with Crippen molar-refractivity contribution in [3.63, 3.8) is 0 Å². The second-order valence-electron chi connectivity index (χ2n) is 7.05. The monoisotopic (exact) mass is 404 g/mol. The molecule has 30 heavy (non-hydrogen) atoms. The first-order valence-corrected chi connectivity index (χ1v) is 9.89. The molecule has 154 valence electrons. The molecule has 2 aromatic carbocycles. The average molecular weight is 404 g/mol. The summed E-state index contributed by atoms with van der Waals surface area (Å²) < 4.78 is 6.94. The van der Waals surface area contributed by atoms with Crippen LogP contribution in [0.4, 0.5) is 0 Å². The normalized spacial score (nSPS) is 14.9. The Hall–Kier alpha value is -3.52. The maximum Gasteiger partial charge on any atom is 0.246 e. The van der Waals surface area contributed by atoms with Crippen LogP contribution in [0.5, 0.6) is 5.75 Å². The highest BCUT2D eigenvalue weighted by Crippen LogP contribution is 2.16. The van der Waals surface area contributed by atoms with Crippen molar-refractivity contribution in [2.45, 2.75) is 6.54 Å². The quantitative estimate of drug-likeness (QED) is 0.585. The molecule has 1 aliphatic heterocycles. The Bertz CT molecular complexity index is 992. The molecule has 1 aromatic heterocycles. The Kier molecular flexibility index (Phi) is 6.14. The van der Waals surface area contributed by atoms with Crippen LogP contribution in [0.2, 0.25) is 0 Å². The van der Waals surface area contributed by atoms with Gasteiger partial charge in [-0.1, -0.05) is 30.3 Å². The number of piperazine rings is 1. The minimum absolute atomic E-state index is 0.0431. The van der Waals surface area contributed by atoms with Crippen molar-refractivity contribution in [1.29, 1.82) is 0 Å². The number of hydrogen-bond donors (Lipinski definition) is 0. The fourth-order valence-electron chi connectivity index (χ4n) is 3.39. The molecule has 0 atom stereocenters. The molecule has 8 nitrogen and oxygen atoms in total. The van der Waals surface area contributed by atoms with Gasteiger partial charge in [0.15, 0.2) is 5.82 Å². The van der Waals surface area contributed by atoms with Crippen LogP contribution < -0.4 is 4.74 Å². The number of hydrogen-bond acceptors (Lipinski definition) is 6. The number of tetrazole rings is 1. The lowest BCUT2D eigenvalue weighted by Gasteiger charge is -2.33. The van der Waals surface area contributed by atoms with E-state index in [0.29, 0.717) is 19.6 Å². The Morgan fingerprint density at radius 2 is 1.77 bits per heavy atom. The van der Waals surface area contributed by atoms with E-state index >= 15 is 0 Å². The molecule has 8 heteroatoms. The van der Waals surface area contributed by atoms with Crippen molar-refractivity contribution in [2.75, 3.05) is 33.3 Å². The van der Waals surface area contributed by atoms with E-state index in [0.717, 1.165) is 35.9 Å². The first-order valence-electron chi connectivity index (χ1n) is 9.89. The number of nitrogens with zero attached hydrogens (tertiary/aromatic N) is 6. The fourth-order valence-corrected chi connectivity index (χ4v) is 3.39. The van der Waals surface area contributed by atoms with Crippen LogP contribution in [0.15, 0.2) is 60.7 Å². The van der Waals surface area contributed by atoms with Gasteiger partial charge in [0.25, 0.3) is 0 Å². The lowest BCUT2D eigenvalue weighted by molar-refractivity contribution is -0.127. The van der Waals surface area contributed by atoms with Gasteiger partial charge < -0.3 is 9.64 Å². The first-order chi connectivity index (χ1) is 14.7. The zero-order valence-electron chi connectivity index (χ0n) is 16.9. The van der Waals surface area contributed by atoms with E-state index in [4.69, 9.17) is 4.74 Å². The maximum absolute atomic E-state index is 12.5. The third-order valence-electron chi connectivity index (χ3n) is 5.12. The predicted octanol–water partition coefficient (Wildman–Crippen LogP) is 2.03. The van der Waals surface area contributed by atoms with Gasteiger partial charge in [-0.2, -0.15) is 4.68 Å². The van der Waals surface area contributed by atoms with E-state index < -0.39 is 0 Å². The highest BCUT2D eigenvalue weighted by atomic mass is 16.5. The third-order valence-corrected chi connectivity index (χ3v) is 5.12. The molecule has 0 saturated carbocycles. The van der Waals surface area contributed by atoms with Crippen molar-refractivity contribution >= 4 is 12.0 Å². The maximum atomic E-state index is 12.5. The Morgan fingerprint density at radius 3 is 2.47 bits per heavy atom. The van der Waals surface area contributed by atoms with Crippen molar-refractivity contribution in [3.8, 4) is 11.4 Å². The molecule has 1 saturated heterocycles. The summed E-state index contributed by atoms with van der Waals surface area (Å²) in [4.78, 5) is 16.6. The van der Waals surface area contributed by atoms with Crippen molar-refractivity contribution in [1.82, 2.24) is 30.0 Å². The number of benzene rings is 2. The molecule has 2 heterocycles. The zero-order chi connectivity index (χ0) is 20.8. The van der Waals surface area contributed by atoms with Crippen molar-refractivity contribution in [3.05, 3.63) is 72.1 Å². The van der Waals surface area contributed by atoms with Gasteiger partial charge in [0.1, 0.15) is 5.75 Å². The van der Waals surface area contributed by atoms with Crippen LogP contribution in [0, 0.1) is 0 Å². The largest absolute Gasteiger partial charge is 0.497 e. The Labute approximate surface area is 175 Å². The van der Waals surface area contributed by atoms with Gasteiger partial charge in [-0.25, -0.2) is 0 Å². The summed E-state index contributed by atoms with van der Waals surface area (Å²) in [6.07, 6.45) is 3.51. The van der Waals surface area contributed by atoms with E-state index in [9.17, 15) is 4.79 Å². The highest BCUT2D eigenvalue weighted by Gasteiger charge is 2.21. The van der Waals surface area contributed by atoms with Crippen molar-refractivity contribution in [2.24, 2.45) is 0 Å². The standard InChI is InChI=1S/C22H24N6O2/c1-30-20-10-8-19(9-11-20)28-21(23-24-25-28)17-26-13-15-27(16-14-26)22(29)12-7-18-5-3-2-4-6-18/h2-12H,13-17H2,1H3/b12-7-. The van der Waals surface area contributed by atoms with Crippen molar-refractivity contribution < 1.29 is 9.53 Å². The molecule has 0 aliphatic carbocycles. The van der Waals surface area contributed by atoms with Gasteiger partial charge in [-0.15, -0.1) is 5.10 Å². The van der Waals surface area contributed by atoms with Gasteiger partial charge in [-0.3, -0.25) is 9.69 Å². The van der Waals surface area contributed by atoms with Crippen LogP contribution in [-0.2, 0) is 11.3 Å².